The van der Waals surface area contributed by atoms with Crippen molar-refractivity contribution in [3.63, 3.8) is 0 Å². The van der Waals surface area contributed by atoms with Crippen molar-refractivity contribution in [1.29, 1.82) is 0 Å². The number of benzene rings is 1. The molecular weight excluding hydrogens is 332 g/mol. The molecule has 1 amide bonds. The Bertz CT molecular complexity index is 721. The van der Waals surface area contributed by atoms with Crippen LogP contribution < -0.4 is 10.0 Å². The van der Waals surface area contributed by atoms with E-state index in [1.165, 1.54) is 24.3 Å². The van der Waals surface area contributed by atoms with E-state index in [1.807, 2.05) is 0 Å². The standard InChI is InChI=1S/C16H22N2O5S/c1-11(2)18-24(22,23)13-6-4-12(5-7-13)15(21)17-16(8-3-9-16)10-14(19)20/h4-7,11,18H,3,8-10H2,1-2H3,(H,17,21)(H,19,20). The molecule has 7 nitrogen and oxygen atoms in total. The Morgan fingerprint density at radius 3 is 2.21 bits per heavy atom. The van der Waals surface area contributed by atoms with Crippen LogP contribution in [-0.2, 0) is 14.8 Å². The van der Waals surface area contributed by atoms with Gasteiger partial charge in [0.25, 0.3) is 5.91 Å². The molecule has 0 atom stereocenters. The molecule has 0 aliphatic heterocycles. The molecule has 0 spiro atoms. The number of carboxylic acid groups (broad SMARTS) is 1. The minimum atomic E-state index is -3.61. The van der Waals surface area contributed by atoms with E-state index < -0.39 is 27.4 Å². The van der Waals surface area contributed by atoms with Gasteiger partial charge in [-0.1, -0.05) is 0 Å². The number of nitrogens with one attached hydrogen (secondary N) is 2. The van der Waals surface area contributed by atoms with Gasteiger partial charge in [0.15, 0.2) is 0 Å². The van der Waals surface area contributed by atoms with E-state index in [9.17, 15) is 18.0 Å². The van der Waals surface area contributed by atoms with Gasteiger partial charge in [-0.15, -0.1) is 0 Å². The molecule has 0 saturated heterocycles. The van der Waals surface area contributed by atoms with Gasteiger partial charge >= 0.3 is 5.97 Å². The molecular formula is C16H22N2O5S. The van der Waals surface area contributed by atoms with Crippen molar-refractivity contribution in [2.24, 2.45) is 0 Å². The molecule has 0 heterocycles. The fourth-order valence-electron chi connectivity index (χ4n) is 2.72. The molecule has 1 saturated carbocycles. The maximum Gasteiger partial charge on any atom is 0.305 e. The van der Waals surface area contributed by atoms with Gasteiger partial charge in [-0.3, -0.25) is 9.59 Å². The number of aliphatic carboxylic acids is 1. The number of sulfonamides is 1. The molecule has 8 heteroatoms. The van der Waals surface area contributed by atoms with Crippen LogP contribution in [0.5, 0.6) is 0 Å². The second-order valence-corrected chi connectivity index (χ2v) is 8.17. The Morgan fingerprint density at radius 1 is 1.21 bits per heavy atom. The van der Waals surface area contributed by atoms with Crippen LogP contribution in [0.2, 0.25) is 0 Å². The van der Waals surface area contributed by atoms with Crippen LogP contribution in [0, 0.1) is 0 Å². The van der Waals surface area contributed by atoms with Crippen LogP contribution in [0.4, 0.5) is 0 Å². The quantitative estimate of drug-likeness (QED) is 0.687. The van der Waals surface area contributed by atoms with Gasteiger partial charge in [0.05, 0.1) is 16.9 Å². The molecule has 1 fully saturated rings. The van der Waals surface area contributed by atoms with E-state index in [0.29, 0.717) is 18.4 Å². The minimum absolute atomic E-state index is 0.0802. The number of hydrogen-bond donors (Lipinski definition) is 3. The van der Waals surface area contributed by atoms with Crippen molar-refractivity contribution in [2.75, 3.05) is 0 Å². The van der Waals surface area contributed by atoms with Crippen molar-refractivity contribution in [3.8, 4) is 0 Å². The highest BCUT2D eigenvalue weighted by atomic mass is 32.2. The van der Waals surface area contributed by atoms with Crippen molar-refractivity contribution in [3.05, 3.63) is 29.8 Å². The lowest BCUT2D eigenvalue weighted by Gasteiger charge is -2.41. The zero-order chi connectivity index (χ0) is 18.0. The number of rotatable bonds is 7. The zero-order valence-corrected chi connectivity index (χ0v) is 14.5. The molecule has 1 aromatic rings. The van der Waals surface area contributed by atoms with E-state index in [0.717, 1.165) is 6.42 Å². The summed E-state index contributed by atoms with van der Waals surface area (Å²) in [7, 11) is -3.61. The average Bonchev–Trinajstić information content (AvgIpc) is 2.43. The Balaban J connectivity index is 2.10. The predicted octanol–water partition coefficient (Wildman–Crippen LogP) is 1.50. The Kier molecular flexibility index (Phi) is 5.29. The van der Waals surface area contributed by atoms with Crippen LogP contribution in [-0.4, -0.2) is 37.0 Å². The lowest BCUT2D eigenvalue weighted by molar-refractivity contribution is -0.139. The Labute approximate surface area is 141 Å². The SMILES string of the molecule is CC(C)NS(=O)(=O)c1ccc(C(=O)NC2(CC(=O)O)CCC2)cc1. The van der Waals surface area contributed by atoms with Crippen LogP contribution >= 0.6 is 0 Å². The third-order valence-corrected chi connectivity index (χ3v) is 5.67. The van der Waals surface area contributed by atoms with E-state index >= 15 is 0 Å². The first-order chi connectivity index (χ1) is 11.1. The first-order valence-electron chi connectivity index (χ1n) is 7.80. The molecule has 1 aliphatic rings. The number of hydrogen-bond acceptors (Lipinski definition) is 4. The van der Waals surface area contributed by atoms with Crippen LogP contribution in [0.1, 0.15) is 49.9 Å². The third kappa shape index (κ3) is 4.33. The summed E-state index contributed by atoms with van der Waals surface area (Å²) in [5.74, 6) is -1.34. The van der Waals surface area contributed by atoms with E-state index in [-0.39, 0.29) is 17.4 Å². The number of carbonyl (C=O) groups is 2. The lowest BCUT2D eigenvalue weighted by Crippen LogP contribution is -2.54. The Morgan fingerprint density at radius 2 is 1.79 bits per heavy atom. The van der Waals surface area contributed by atoms with Gasteiger partial charge in [-0.05, 0) is 57.4 Å². The minimum Gasteiger partial charge on any atom is -0.481 e. The first kappa shape index (κ1) is 18.4. The van der Waals surface area contributed by atoms with Crippen molar-refractivity contribution in [1.82, 2.24) is 10.0 Å². The molecule has 3 N–H and O–H groups in total. The second kappa shape index (κ2) is 6.90. The molecule has 1 aromatic carbocycles. The average molecular weight is 354 g/mol. The Hall–Kier alpha value is -1.93. The molecule has 132 valence electrons. The molecule has 2 rings (SSSR count). The molecule has 0 radical (unpaired) electrons. The van der Waals surface area contributed by atoms with Gasteiger partial charge in [0.1, 0.15) is 0 Å². The topological polar surface area (TPSA) is 113 Å². The summed E-state index contributed by atoms with van der Waals surface area (Å²) in [4.78, 5) is 23.3. The van der Waals surface area contributed by atoms with E-state index in [1.54, 1.807) is 13.8 Å². The summed E-state index contributed by atoms with van der Waals surface area (Å²) >= 11 is 0. The highest BCUT2D eigenvalue weighted by Crippen LogP contribution is 2.35. The maximum absolute atomic E-state index is 12.3. The van der Waals surface area contributed by atoms with E-state index in [4.69, 9.17) is 5.11 Å². The lowest BCUT2D eigenvalue weighted by atomic mass is 9.74. The van der Waals surface area contributed by atoms with Crippen LogP contribution in [0.25, 0.3) is 0 Å². The summed E-state index contributed by atoms with van der Waals surface area (Å²) in [6.07, 6.45) is 2.04. The number of carboxylic acids is 1. The summed E-state index contributed by atoms with van der Waals surface area (Å²) in [6.45, 7) is 3.44. The smallest absolute Gasteiger partial charge is 0.305 e. The number of carbonyl (C=O) groups excluding carboxylic acids is 1. The normalized spacial score (nSPS) is 16.5. The molecule has 0 bridgehead atoms. The van der Waals surface area contributed by atoms with Gasteiger partial charge in [0.2, 0.25) is 10.0 Å². The van der Waals surface area contributed by atoms with Gasteiger partial charge < -0.3 is 10.4 Å². The fourth-order valence-corrected chi connectivity index (χ4v) is 3.97. The predicted molar refractivity (Wildman–Crippen MR) is 88.2 cm³/mol. The van der Waals surface area contributed by atoms with Crippen LogP contribution in [0.15, 0.2) is 29.2 Å². The van der Waals surface area contributed by atoms with Gasteiger partial charge in [0, 0.05) is 11.6 Å². The van der Waals surface area contributed by atoms with Gasteiger partial charge in [-0.2, -0.15) is 0 Å². The van der Waals surface area contributed by atoms with Crippen molar-refractivity contribution < 1.29 is 23.1 Å². The second-order valence-electron chi connectivity index (χ2n) is 6.46. The van der Waals surface area contributed by atoms with Crippen LogP contribution in [0.3, 0.4) is 0 Å². The summed E-state index contributed by atoms with van der Waals surface area (Å²) in [6, 6.07) is 5.36. The van der Waals surface area contributed by atoms with E-state index in [2.05, 4.69) is 10.0 Å². The summed E-state index contributed by atoms with van der Waals surface area (Å²) < 4.78 is 26.6. The number of amides is 1. The molecule has 0 aromatic heterocycles. The summed E-state index contributed by atoms with van der Waals surface area (Å²) in [5, 5.41) is 11.8. The van der Waals surface area contributed by atoms with Crippen molar-refractivity contribution >= 4 is 21.9 Å². The summed E-state index contributed by atoms with van der Waals surface area (Å²) in [5.41, 5.74) is -0.387. The first-order valence-corrected chi connectivity index (χ1v) is 9.29. The van der Waals surface area contributed by atoms with Gasteiger partial charge in [-0.25, -0.2) is 13.1 Å². The highest BCUT2D eigenvalue weighted by Gasteiger charge is 2.40. The largest absolute Gasteiger partial charge is 0.481 e. The maximum atomic E-state index is 12.3. The molecule has 0 unspecified atom stereocenters. The third-order valence-electron chi connectivity index (χ3n) is 4.00. The zero-order valence-electron chi connectivity index (χ0n) is 13.7. The molecule has 24 heavy (non-hydrogen) atoms. The monoisotopic (exact) mass is 354 g/mol. The highest BCUT2D eigenvalue weighted by molar-refractivity contribution is 7.89. The molecule has 1 aliphatic carbocycles. The van der Waals surface area contributed by atoms with Crippen molar-refractivity contribution in [2.45, 2.75) is 56.0 Å². The fraction of sp³-hybridized carbons (Fsp3) is 0.500.